The van der Waals surface area contributed by atoms with Gasteiger partial charge in [0.15, 0.2) is 5.18 Å². The van der Waals surface area contributed by atoms with Gasteiger partial charge in [0.1, 0.15) is 0 Å². The van der Waals surface area contributed by atoms with Crippen LogP contribution >= 0.6 is 11.6 Å². The summed E-state index contributed by atoms with van der Waals surface area (Å²) in [7, 11) is 6.00. The van der Waals surface area contributed by atoms with E-state index in [2.05, 4.69) is 11.9 Å². The zero-order valence-electron chi connectivity index (χ0n) is 9.89. The summed E-state index contributed by atoms with van der Waals surface area (Å²) in [5.74, 6) is 0. The maximum absolute atomic E-state index is 9.19. The molecule has 0 saturated heterocycles. The van der Waals surface area contributed by atoms with E-state index in [1.807, 2.05) is 33.0 Å². The Hall–Kier alpha value is -0.0900. The van der Waals surface area contributed by atoms with E-state index >= 15 is 0 Å². The largest absolute Gasteiger partial charge is 0.363 e. The summed E-state index contributed by atoms with van der Waals surface area (Å²) in [6, 6.07) is 0. The first-order chi connectivity index (χ1) is 6.21. The van der Waals surface area contributed by atoms with E-state index in [0.717, 1.165) is 5.57 Å². The molecular weight excluding hydrogens is 200 g/mol. The van der Waals surface area contributed by atoms with Gasteiger partial charge in [0.05, 0.1) is 0 Å². The fourth-order valence-electron chi connectivity index (χ4n) is 0.411. The highest BCUT2D eigenvalue weighted by Gasteiger charge is 2.18. The Balaban J connectivity index is 0. The van der Waals surface area contributed by atoms with E-state index in [0.29, 0.717) is 13.0 Å². The molecule has 0 spiro atoms. The van der Waals surface area contributed by atoms with Crippen molar-refractivity contribution >= 4 is 11.6 Å². The Morgan fingerprint density at radius 2 is 1.86 bits per heavy atom. The molecule has 14 heavy (non-hydrogen) atoms. The smallest absolute Gasteiger partial charge is 0.193 e. The highest BCUT2D eigenvalue weighted by atomic mass is 35.5. The molecular formula is C10H23ClN2O. The van der Waals surface area contributed by atoms with Crippen molar-refractivity contribution in [2.75, 3.05) is 27.7 Å². The van der Waals surface area contributed by atoms with Gasteiger partial charge in [0.2, 0.25) is 0 Å². The van der Waals surface area contributed by atoms with Crippen molar-refractivity contribution in [2.45, 2.75) is 25.5 Å². The second-order valence-corrected chi connectivity index (χ2v) is 4.39. The lowest BCUT2D eigenvalue weighted by molar-refractivity contribution is 0.0906. The molecule has 3 nitrogen and oxygen atoms in total. The van der Waals surface area contributed by atoms with Gasteiger partial charge in [0, 0.05) is 13.0 Å². The van der Waals surface area contributed by atoms with Crippen LogP contribution in [0.2, 0.25) is 0 Å². The molecule has 1 atom stereocenters. The molecule has 0 aliphatic heterocycles. The quantitative estimate of drug-likeness (QED) is 0.329. The van der Waals surface area contributed by atoms with E-state index < -0.39 is 5.18 Å². The first-order valence-corrected chi connectivity index (χ1v) is 5.00. The standard InChI is InChI=1S/C7H14ClNO.C3H9N/c1-4-7(8,10)9-5-6(2)3;1-4(2)3/h9-10H,2,4-5H2,1,3H3;1-3H3. The average molecular weight is 223 g/mol. The Bertz CT molecular complexity index is 155. The summed E-state index contributed by atoms with van der Waals surface area (Å²) in [4.78, 5) is 2.00. The summed E-state index contributed by atoms with van der Waals surface area (Å²) < 4.78 is 0. The van der Waals surface area contributed by atoms with Crippen LogP contribution in [0.25, 0.3) is 0 Å². The minimum atomic E-state index is -1.26. The number of rotatable bonds is 4. The van der Waals surface area contributed by atoms with Crippen molar-refractivity contribution in [1.29, 1.82) is 0 Å². The van der Waals surface area contributed by atoms with E-state index in [4.69, 9.17) is 11.6 Å². The highest BCUT2D eigenvalue weighted by molar-refractivity contribution is 6.22. The SMILES string of the molecule is C=C(C)CNC(O)(Cl)CC.CN(C)C. The van der Waals surface area contributed by atoms with Crippen molar-refractivity contribution in [3.05, 3.63) is 12.2 Å². The number of nitrogens with zero attached hydrogens (tertiary/aromatic N) is 1. The monoisotopic (exact) mass is 222 g/mol. The molecule has 0 aromatic heterocycles. The predicted molar refractivity (Wildman–Crippen MR) is 63.5 cm³/mol. The van der Waals surface area contributed by atoms with Gasteiger partial charge in [-0.2, -0.15) is 0 Å². The average Bonchev–Trinajstić information content (AvgIpc) is 2.00. The van der Waals surface area contributed by atoms with Crippen molar-refractivity contribution in [3.8, 4) is 0 Å². The van der Waals surface area contributed by atoms with Gasteiger partial charge in [-0.1, -0.05) is 30.7 Å². The lowest BCUT2D eigenvalue weighted by Gasteiger charge is -2.19. The molecule has 4 heteroatoms. The summed E-state index contributed by atoms with van der Waals surface area (Å²) in [5, 5.41) is 10.6. The van der Waals surface area contributed by atoms with Crippen molar-refractivity contribution < 1.29 is 5.11 Å². The zero-order chi connectivity index (χ0) is 11.8. The van der Waals surface area contributed by atoms with Gasteiger partial charge in [-0.3, -0.25) is 5.32 Å². The summed E-state index contributed by atoms with van der Waals surface area (Å²) in [6.45, 7) is 7.88. The van der Waals surface area contributed by atoms with Crippen LogP contribution in [-0.4, -0.2) is 42.9 Å². The van der Waals surface area contributed by atoms with Gasteiger partial charge in [-0.15, -0.1) is 0 Å². The van der Waals surface area contributed by atoms with Crippen LogP contribution in [0.3, 0.4) is 0 Å². The molecule has 0 aromatic rings. The van der Waals surface area contributed by atoms with Crippen LogP contribution < -0.4 is 5.32 Å². The maximum atomic E-state index is 9.19. The van der Waals surface area contributed by atoms with Crippen molar-refractivity contribution in [1.82, 2.24) is 10.2 Å². The maximum Gasteiger partial charge on any atom is 0.193 e. The molecule has 0 aliphatic carbocycles. The van der Waals surface area contributed by atoms with Crippen LogP contribution in [0.5, 0.6) is 0 Å². The minimum Gasteiger partial charge on any atom is -0.363 e. The lowest BCUT2D eigenvalue weighted by Crippen LogP contribution is -2.39. The summed E-state index contributed by atoms with van der Waals surface area (Å²) >= 11 is 5.57. The molecule has 0 aliphatic rings. The zero-order valence-corrected chi connectivity index (χ0v) is 10.6. The van der Waals surface area contributed by atoms with Gasteiger partial charge in [-0.05, 0) is 28.1 Å². The molecule has 86 valence electrons. The third kappa shape index (κ3) is 17.9. The first kappa shape index (κ1) is 16.3. The Morgan fingerprint density at radius 1 is 1.50 bits per heavy atom. The van der Waals surface area contributed by atoms with Gasteiger partial charge in [-0.25, -0.2) is 0 Å². The molecule has 0 aromatic carbocycles. The molecule has 0 heterocycles. The van der Waals surface area contributed by atoms with Crippen LogP contribution in [0.4, 0.5) is 0 Å². The van der Waals surface area contributed by atoms with Crippen LogP contribution in [-0.2, 0) is 0 Å². The number of hydrogen-bond donors (Lipinski definition) is 2. The lowest BCUT2D eigenvalue weighted by atomic mass is 10.3. The fourth-order valence-corrected chi connectivity index (χ4v) is 0.478. The topological polar surface area (TPSA) is 35.5 Å². The van der Waals surface area contributed by atoms with Crippen LogP contribution in [0, 0.1) is 0 Å². The minimum absolute atomic E-state index is 0.474. The van der Waals surface area contributed by atoms with E-state index in [1.165, 1.54) is 0 Å². The number of hydrogen-bond acceptors (Lipinski definition) is 3. The normalized spacial score (nSPS) is 14.3. The van der Waals surface area contributed by atoms with E-state index in [9.17, 15) is 5.11 Å². The molecule has 0 rings (SSSR count). The molecule has 1 unspecified atom stereocenters. The predicted octanol–water partition coefficient (Wildman–Crippen LogP) is 1.62. The van der Waals surface area contributed by atoms with Gasteiger partial charge < -0.3 is 10.0 Å². The number of alkyl halides is 1. The third-order valence-corrected chi connectivity index (χ3v) is 1.53. The van der Waals surface area contributed by atoms with Crippen LogP contribution in [0.1, 0.15) is 20.3 Å². The second-order valence-electron chi connectivity index (χ2n) is 3.77. The van der Waals surface area contributed by atoms with E-state index in [-0.39, 0.29) is 0 Å². The van der Waals surface area contributed by atoms with E-state index in [1.54, 1.807) is 6.92 Å². The molecule has 0 saturated carbocycles. The molecule has 2 N–H and O–H groups in total. The number of aliphatic hydroxyl groups is 1. The number of halogens is 1. The highest BCUT2D eigenvalue weighted by Crippen LogP contribution is 2.10. The fraction of sp³-hybridized carbons (Fsp3) is 0.800. The Morgan fingerprint density at radius 3 is 2.07 bits per heavy atom. The molecule has 0 radical (unpaired) electrons. The van der Waals surface area contributed by atoms with Crippen molar-refractivity contribution in [2.24, 2.45) is 0 Å². The van der Waals surface area contributed by atoms with Crippen LogP contribution in [0.15, 0.2) is 12.2 Å². The first-order valence-electron chi connectivity index (χ1n) is 4.63. The number of nitrogens with one attached hydrogen (secondary N) is 1. The second kappa shape index (κ2) is 8.24. The van der Waals surface area contributed by atoms with Crippen molar-refractivity contribution in [3.63, 3.8) is 0 Å². The molecule has 0 bridgehead atoms. The third-order valence-electron chi connectivity index (χ3n) is 1.13. The summed E-state index contributed by atoms with van der Waals surface area (Å²) in [5.41, 5.74) is 0.951. The Kier molecular flexibility index (Phi) is 9.62. The molecule has 0 fully saturated rings. The Labute approximate surface area is 92.7 Å². The van der Waals surface area contributed by atoms with Gasteiger partial charge >= 0.3 is 0 Å². The summed E-state index contributed by atoms with van der Waals surface area (Å²) in [6.07, 6.45) is 0.474. The van der Waals surface area contributed by atoms with Gasteiger partial charge in [0.25, 0.3) is 0 Å². The molecule has 0 amide bonds.